The minimum absolute atomic E-state index is 0.0331. The van der Waals surface area contributed by atoms with E-state index in [4.69, 9.17) is 4.74 Å². The SMILES string of the molecule is CCCCNC(CC)COC(=O)COC. The second-order valence-corrected chi connectivity index (χ2v) is 3.53. The number of nitrogens with one attached hydrogen (secondary N) is 1. The maximum absolute atomic E-state index is 11.0. The molecule has 15 heavy (non-hydrogen) atoms. The predicted octanol–water partition coefficient (Wildman–Crippen LogP) is 1.34. The molecule has 90 valence electrons. The molecule has 0 fully saturated rings. The number of unbranched alkanes of at least 4 members (excludes halogenated alkanes) is 1. The van der Waals surface area contributed by atoms with Crippen LogP contribution in [0.1, 0.15) is 33.1 Å². The van der Waals surface area contributed by atoms with E-state index in [-0.39, 0.29) is 18.6 Å². The lowest BCUT2D eigenvalue weighted by Gasteiger charge is -2.16. The normalized spacial score (nSPS) is 12.5. The Morgan fingerprint density at radius 2 is 2.13 bits per heavy atom. The number of methoxy groups -OCH3 is 1. The standard InChI is InChI=1S/C11H23NO3/c1-4-6-7-12-10(5-2)8-15-11(13)9-14-3/h10,12H,4-9H2,1-3H3. The van der Waals surface area contributed by atoms with Crippen LogP contribution in [0, 0.1) is 0 Å². The van der Waals surface area contributed by atoms with E-state index in [0.717, 1.165) is 19.4 Å². The van der Waals surface area contributed by atoms with Gasteiger partial charge in [0.2, 0.25) is 0 Å². The number of hydrogen-bond donors (Lipinski definition) is 1. The van der Waals surface area contributed by atoms with E-state index >= 15 is 0 Å². The van der Waals surface area contributed by atoms with Crippen molar-refractivity contribution in [2.45, 2.75) is 39.2 Å². The first-order valence-electron chi connectivity index (χ1n) is 5.62. The molecule has 0 bridgehead atoms. The van der Waals surface area contributed by atoms with Crippen molar-refractivity contribution in [1.82, 2.24) is 5.32 Å². The summed E-state index contributed by atoms with van der Waals surface area (Å²) < 4.78 is 9.71. The first kappa shape index (κ1) is 14.4. The summed E-state index contributed by atoms with van der Waals surface area (Å²) in [6.07, 6.45) is 3.29. The Hall–Kier alpha value is -0.610. The van der Waals surface area contributed by atoms with Crippen molar-refractivity contribution in [2.24, 2.45) is 0 Å². The van der Waals surface area contributed by atoms with Crippen molar-refractivity contribution in [3.63, 3.8) is 0 Å². The maximum Gasteiger partial charge on any atom is 0.332 e. The Balaban J connectivity index is 3.55. The molecule has 0 aliphatic carbocycles. The van der Waals surface area contributed by atoms with E-state index in [2.05, 4.69) is 23.9 Å². The van der Waals surface area contributed by atoms with Crippen LogP contribution in [-0.4, -0.2) is 38.9 Å². The number of carbonyl (C=O) groups excluding carboxylic acids is 1. The molecule has 1 N–H and O–H groups in total. The lowest BCUT2D eigenvalue weighted by atomic mass is 10.2. The monoisotopic (exact) mass is 217 g/mol. The summed E-state index contributed by atoms with van der Waals surface area (Å²) in [6.45, 7) is 5.68. The third-order valence-electron chi connectivity index (χ3n) is 2.16. The molecule has 0 spiro atoms. The van der Waals surface area contributed by atoms with Crippen LogP contribution in [0.3, 0.4) is 0 Å². The van der Waals surface area contributed by atoms with Crippen molar-refractivity contribution in [2.75, 3.05) is 26.9 Å². The summed E-state index contributed by atoms with van der Waals surface area (Å²) in [4.78, 5) is 11.0. The summed E-state index contributed by atoms with van der Waals surface area (Å²) in [6, 6.07) is 0.261. The van der Waals surface area contributed by atoms with Gasteiger partial charge in [0.15, 0.2) is 0 Å². The summed E-state index contributed by atoms with van der Waals surface area (Å²) >= 11 is 0. The van der Waals surface area contributed by atoms with Crippen LogP contribution < -0.4 is 5.32 Å². The van der Waals surface area contributed by atoms with Gasteiger partial charge in [-0.2, -0.15) is 0 Å². The van der Waals surface area contributed by atoms with E-state index in [1.54, 1.807) is 0 Å². The summed E-state index contributed by atoms with van der Waals surface area (Å²) in [5.41, 5.74) is 0. The van der Waals surface area contributed by atoms with Crippen molar-refractivity contribution in [3.05, 3.63) is 0 Å². The number of ether oxygens (including phenoxy) is 2. The molecule has 0 saturated heterocycles. The van der Waals surface area contributed by atoms with Crippen LogP contribution in [0.2, 0.25) is 0 Å². The molecular weight excluding hydrogens is 194 g/mol. The van der Waals surface area contributed by atoms with Crippen molar-refractivity contribution >= 4 is 5.97 Å². The lowest BCUT2D eigenvalue weighted by molar-refractivity contribution is -0.148. The van der Waals surface area contributed by atoms with Crippen LogP contribution in [0.25, 0.3) is 0 Å². The molecule has 0 heterocycles. The van der Waals surface area contributed by atoms with Crippen LogP contribution in [-0.2, 0) is 14.3 Å². The number of esters is 1. The van der Waals surface area contributed by atoms with Gasteiger partial charge in [-0.25, -0.2) is 4.79 Å². The third-order valence-corrected chi connectivity index (χ3v) is 2.16. The highest BCUT2D eigenvalue weighted by Crippen LogP contribution is 1.94. The zero-order chi connectivity index (χ0) is 11.5. The van der Waals surface area contributed by atoms with E-state index in [1.807, 2.05) is 0 Å². The van der Waals surface area contributed by atoms with Crippen molar-refractivity contribution in [1.29, 1.82) is 0 Å². The lowest BCUT2D eigenvalue weighted by Crippen LogP contribution is -2.34. The average molecular weight is 217 g/mol. The molecule has 0 amide bonds. The van der Waals surface area contributed by atoms with Crippen LogP contribution >= 0.6 is 0 Å². The fraction of sp³-hybridized carbons (Fsp3) is 0.909. The number of rotatable bonds is 9. The van der Waals surface area contributed by atoms with Gasteiger partial charge in [-0.15, -0.1) is 0 Å². The minimum Gasteiger partial charge on any atom is -0.462 e. The van der Waals surface area contributed by atoms with Crippen LogP contribution in [0.4, 0.5) is 0 Å². The van der Waals surface area contributed by atoms with Gasteiger partial charge < -0.3 is 14.8 Å². The Labute approximate surface area is 92.3 Å². The third kappa shape index (κ3) is 8.39. The van der Waals surface area contributed by atoms with E-state index < -0.39 is 0 Å². The second-order valence-electron chi connectivity index (χ2n) is 3.53. The fourth-order valence-electron chi connectivity index (χ4n) is 1.16. The minimum atomic E-state index is -0.298. The highest BCUT2D eigenvalue weighted by molar-refractivity contribution is 5.70. The highest BCUT2D eigenvalue weighted by Gasteiger charge is 2.08. The van der Waals surface area contributed by atoms with Crippen molar-refractivity contribution < 1.29 is 14.3 Å². The topological polar surface area (TPSA) is 47.6 Å². The van der Waals surface area contributed by atoms with E-state index in [1.165, 1.54) is 13.5 Å². The number of hydrogen-bond acceptors (Lipinski definition) is 4. The molecule has 0 aliphatic rings. The van der Waals surface area contributed by atoms with Gasteiger partial charge in [0.25, 0.3) is 0 Å². The van der Waals surface area contributed by atoms with Gasteiger partial charge >= 0.3 is 5.97 Å². The fourth-order valence-corrected chi connectivity index (χ4v) is 1.16. The molecule has 0 saturated carbocycles. The Morgan fingerprint density at radius 3 is 2.67 bits per heavy atom. The molecule has 0 radical (unpaired) electrons. The Morgan fingerprint density at radius 1 is 1.40 bits per heavy atom. The van der Waals surface area contributed by atoms with Gasteiger partial charge in [-0.05, 0) is 19.4 Å². The van der Waals surface area contributed by atoms with Gasteiger partial charge in [-0.1, -0.05) is 20.3 Å². The Kier molecular flexibility index (Phi) is 9.52. The van der Waals surface area contributed by atoms with Crippen molar-refractivity contribution in [3.8, 4) is 0 Å². The average Bonchev–Trinajstić information content (AvgIpc) is 2.23. The van der Waals surface area contributed by atoms with Gasteiger partial charge in [0.1, 0.15) is 13.2 Å². The second kappa shape index (κ2) is 9.93. The molecule has 0 aromatic heterocycles. The number of carbonyl (C=O) groups is 1. The molecule has 0 aromatic rings. The van der Waals surface area contributed by atoms with Gasteiger partial charge in [-0.3, -0.25) is 0 Å². The Bertz CT molecular complexity index is 162. The zero-order valence-corrected chi connectivity index (χ0v) is 10.0. The molecule has 4 nitrogen and oxygen atoms in total. The summed E-state index contributed by atoms with van der Waals surface area (Å²) in [5, 5.41) is 3.35. The van der Waals surface area contributed by atoms with Gasteiger partial charge in [0.05, 0.1) is 0 Å². The first-order valence-corrected chi connectivity index (χ1v) is 5.62. The maximum atomic E-state index is 11.0. The van der Waals surface area contributed by atoms with E-state index in [0.29, 0.717) is 6.61 Å². The summed E-state index contributed by atoms with van der Waals surface area (Å²) in [7, 11) is 1.48. The largest absolute Gasteiger partial charge is 0.462 e. The first-order chi connectivity index (χ1) is 7.24. The molecule has 1 unspecified atom stereocenters. The smallest absolute Gasteiger partial charge is 0.332 e. The van der Waals surface area contributed by atoms with Gasteiger partial charge in [0, 0.05) is 13.2 Å². The molecule has 4 heteroatoms. The van der Waals surface area contributed by atoms with Crippen LogP contribution in [0.5, 0.6) is 0 Å². The molecule has 0 rings (SSSR count). The molecule has 1 atom stereocenters. The highest BCUT2D eigenvalue weighted by atomic mass is 16.6. The molecule has 0 aliphatic heterocycles. The van der Waals surface area contributed by atoms with Crippen LogP contribution in [0.15, 0.2) is 0 Å². The summed E-state index contributed by atoms with van der Waals surface area (Å²) in [5.74, 6) is -0.298. The molecular formula is C11H23NO3. The quantitative estimate of drug-likeness (QED) is 0.468. The zero-order valence-electron chi connectivity index (χ0n) is 10.0. The molecule has 0 aromatic carbocycles. The van der Waals surface area contributed by atoms with E-state index in [9.17, 15) is 4.79 Å². The predicted molar refractivity (Wildman–Crippen MR) is 59.8 cm³/mol.